The highest BCUT2D eigenvalue weighted by molar-refractivity contribution is 14.0. The van der Waals surface area contributed by atoms with Crippen LogP contribution in [0.15, 0.2) is 17.4 Å². The standard InChI is InChI=1S/C15H25F2N5OS.HI/c1-3-24(23)12-6-4-5-11(9-12)21-15(18-2)20-10-13-19-7-8-22(13)14(16)17;/h7-8,11-12,14H,3-6,9-10H2,1-2H3,(H2,18,20,21);1H. The van der Waals surface area contributed by atoms with Crippen molar-refractivity contribution in [2.45, 2.75) is 57.0 Å². The second kappa shape index (κ2) is 11.0. The first-order valence-electron chi connectivity index (χ1n) is 8.19. The number of halogens is 3. The van der Waals surface area contributed by atoms with E-state index in [9.17, 15) is 13.0 Å². The fourth-order valence-electron chi connectivity index (χ4n) is 2.96. The highest BCUT2D eigenvalue weighted by atomic mass is 127. The molecule has 1 aliphatic carbocycles. The second-order valence-electron chi connectivity index (χ2n) is 5.75. The van der Waals surface area contributed by atoms with Crippen LogP contribution in [0.3, 0.4) is 0 Å². The SMILES string of the molecule is CCS(=O)C1CCCC(NC(=NC)NCc2nccn2C(F)F)C1.I. The zero-order valence-electron chi connectivity index (χ0n) is 14.5. The molecular weight excluding hydrogens is 463 g/mol. The van der Waals surface area contributed by atoms with Gasteiger partial charge in [-0.15, -0.1) is 24.0 Å². The molecule has 0 aromatic carbocycles. The number of nitrogens with zero attached hydrogens (tertiary/aromatic N) is 3. The summed E-state index contributed by atoms with van der Waals surface area (Å²) in [6.07, 6.45) is 6.46. The third-order valence-electron chi connectivity index (χ3n) is 4.22. The Kier molecular flexibility index (Phi) is 9.83. The van der Waals surface area contributed by atoms with Crippen LogP contribution in [0.5, 0.6) is 0 Å². The number of hydrogen-bond acceptors (Lipinski definition) is 3. The van der Waals surface area contributed by atoms with Crippen molar-refractivity contribution in [3.05, 3.63) is 18.2 Å². The first kappa shape index (κ1) is 22.3. The fourth-order valence-corrected chi connectivity index (χ4v) is 4.31. The van der Waals surface area contributed by atoms with Gasteiger partial charge in [-0.1, -0.05) is 13.3 Å². The van der Waals surface area contributed by atoms with Crippen molar-refractivity contribution < 1.29 is 13.0 Å². The summed E-state index contributed by atoms with van der Waals surface area (Å²) in [6, 6.07) is 0.195. The lowest BCUT2D eigenvalue weighted by Crippen LogP contribution is -2.46. The number of hydrogen-bond donors (Lipinski definition) is 2. The van der Waals surface area contributed by atoms with Gasteiger partial charge in [-0.05, 0) is 19.3 Å². The molecule has 25 heavy (non-hydrogen) atoms. The summed E-state index contributed by atoms with van der Waals surface area (Å²) in [5.74, 6) is 1.48. The minimum Gasteiger partial charge on any atom is -0.354 e. The Hall–Kier alpha value is -0.780. The minimum absolute atomic E-state index is 0. The molecule has 0 bridgehead atoms. The summed E-state index contributed by atoms with van der Waals surface area (Å²) >= 11 is 0. The Balaban J connectivity index is 0.00000312. The van der Waals surface area contributed by atoms with E-state index in [1.807, 2.05) is 6.92 Å². The van der Waals surface area contributed by atoms with Gasteiger partial charge in [-0.2, -0.15) is 8.78 Å². The van der Waals surface area contributed by atoms with Gasteiger partial charge in [0.1, 0.15) is 5.82 Å². The van der Waals surface area contributed by atoms with E-state index in [0.29, 0.717) is 11.7 Å². The molecule has 3 unspecified atom stereocenters. The zero-order valence-corrected chi connectivity index (χ0v) is 17.6. The fraction of sp³-hybridized carbons (Fsp3) is 0.733. The van der Waals surface area contributed by atoms with Crippen LogP contribution < -0.4 is 10.6 Å². The molecule has 0 saturated heterocycles. The van der Waals surface area contributed by atoms with E-state index in [1.54, 1.807) is 7.05 Å². The molecule has 2 N–H and O–H groups in total. The molecule has 1 aromatic heterocycles. The Morgan fingerprint density at radius 2 is 2.28 bits per heavy atom. The third-order valence-corrected chi connectivity index (χ3v) is 5.96. The van der Waals surface area contributed by atoms with E-state index in [4.69, 9.17) is 0 Å². The van der Waals surface area contributed by atoms with Crippen LogP contribution in [0.1, 0.15) is 45.0 Å². The van der Waals surface area contributed by atoms with Gasteiger partial charge < -0.3 is 10.6 Å². The quantitative estimate of drug-likeness (QED) is 0.366. The molecule has 0 radical (unpaired) electrons. The predicted molar refractivity (Wildman–Crippen MR) is 107 cm³/mol. The molecular formula is C15H26F2IN5OS. The summed E-state index contributed by atoms with van der Waals surface area (Å²) < 4.78 is 38.5. The summed E-state index contributed by atoms with van der Waals surface area (Å²) in [5.41, 5.74) is 0. The summed E-state index contributed by atoms with van der Waals surface area (Å²) in [5, 5.41) is 6.54. The van der Waals surface area contributed by atoms with Gasteiger partial charge in [0.25, 0.3) is 0 Å². The van der Waals surface area contributed by atoms with Gasteiger partial charge in [-0.3, -0.25) is 13.8 Å². The van der Waals surface area contributed by atoms with E-state index < -0.39 is 17.3 Å². The Morgan fingerprint density at radius 3 is 2.92 bits per heavy atom. The molecule has 0 aliphatic heterocycles. The van der Waals surface area contributed by atoms with E-state index in [2.05, 4.69) is 20.6 Å². The smallest absolute Gasteiger partial charge is 0.319 e. The van der Waals surface area contributed by atoms with E-state index in [1.165, 1.54) is 12.4 Å². The van der Waals surface area contributed by atoms with Crippen LogP contribution in [0.2, 0.25) is 0 Å². The normalized spacial score (nSPS) is 22.4. The van der Waals surface area contributed by atoms with Crippen molar-refractivity contribution in [3.8, 4) is 0 Å². The molecule has 2 rings (SSSR count). The second-order valence-corrected chi connectivity index (χ2v) is 7.76. The monoisotopic (exact) mass is 489 g/mol. The van der Waals surface area contributed by atoms with Crippen molar-refractivity contribution in [1.82, 2.24) is 20.2 Å². The zero-order chi connectivity index (χ0) is 17.5. The molecule has 3 atom stereocenters. The summed E-state index contributed by atoms with van der Waals surface area (Å²) in [4.78, 5) is 8.07. The van der Waals surface area contributed by atoms with Gasteiger partial charge in [-0.25, -0.2) is 4.98 Å². The lowest BCUT2D eigenvalue weighted by atomic mass is 9.95. The molecule has 0 spiro atoms. The Morgan fingerprint density at radius 1 is 1.52 bits per heavy atom. The molecule has 6 nitrogen and oxygen atoms in total. The van der Waals surface area contributed by atoms with Crippen molar-refractivity contribution >= 4 is 40.7 Å². The summed E-state index contributed by atoms with van der Waals surface area (Å²) in [7, 11) is 0.854. The van der Waals surface area contributed by atoms with Crippen LogP contribution >= 0.6 is 24.0 Å². The minimum atomic E-state index is -2.61. The van der Waals surface area contributed by atoms with Crippen LogP contribution in [0.4, 0.5) is 8.78 Å². The molecule has 10 heteroatoms. The topological polar surface area (TPSA) is 71.3 Å². The predicted octanol–water partition coefficient (Wildman–Crippen LogP) is 2.64. The van der Waals surface area contributed by atoms with Crippen molar-refractivity contribution in [2.24, 2.45) is 4.99 Å². The summed E-state index contributed by atoms with van der Waals surface area (Å²) in [6.45, 7) is -0.505. The molecule has 1 saturated carbocycles. The first-order valence-corrected chi connectivity index (χ1v) is 9.57. The van der Waals surface area contributed by atoms with E-state index in [0.717, 1.165) is 30.3 Å². The lowest BCUT2D eigenvalue weighted by molar-refractivity contribution is 0.0668. The number of aliphatic imine (C=N–C) groups is 1. The van der Waals surface area contributed by atoms with Crippen LogP contribution in [0.25, 0.3) is 0 Å². The maximum atomic E-state index is 12.8. The lowest BCUT2D eigenvalue weighted by Gasteiger charge is -2.30. The number of rotatable bonds is 6. The number of guanidine groups is 1. The van der Waals surface area contributed by atoms with Crippen molar-refractivity contribution in [3.63, 3.8) is 0 Å². The number of alkyl halides is 2. The van der Waals surface area contributed by atoms with Gasteiger partial charge in [0.2, 0.25) is 0 Å². The Labute approximate surface area is 166 Å². The average molecular weight is 489 g/mol. The maximum Gasteiger partial charge on any atom is 0.319 e. The number of nitrogens with one attached hydrogen (secondary N) is 2. The van der Waals surface area contributed by atoms with Gasteiger partial charge >= 0.3 is 6.55 Å². The Bertz CT molecular complexity index is 584. The van der Waals surface area contributed by atoms with E-state index in [-0.39, 0.29) is 47.6 Å². The van der Waals surface area contributed by atoms with Gasteiger partial charge in [0.05, 0.1) is 6.54 Å². The molecule has 1 fully saturated rings. The van der Waals surface area contributed by atoms with Crippen LogP contribution in [-0.4, -0.2) is 43.8 Å². The maximum absolute atomic E-state index is 12.8. The average Bonchev–Trinajstić information content (AvgIpc) is 3.07. The van der Waals surface area contributed by atoms with Crippen molar-refractivity contribution in [2.75, 3.05) is 12.8 Å². The van der Waals surface area contributed by atoms with Crippen LogP contribution in [0, 0.1) is 0 Å². The first-order chi connectivity index (χ1) is 11.5. The van der Waals surface area contributed by atoms with Crippen LogP contribution in [-0.2, 0) is 17.3 Å². The highest BCUT2D eigenvalue weighted by Gasteiger charge is 2.26. The molecule has 144 valence electrons. The largest absolute Gasteiger partial charge is 0.354 e. The number of imidazole rings is 1. The van der Waals surface area contributed by atoms with Gasteiger partial charge in [0, 0.05) is 47.3 Å². The molecule has 1 heterocycles. The van der Waals surface area contributed by atoms with Crippen molar-refractivity contribution in [1.29, 1.82) is 0 Å². The van der Waals surface area contributed by atoms with Gasteiger partial charge in [0.15, 0.2) is 5.96 Å². The highest BCUT2D eigenvalue weighted by Crippen LogP contribution is 2.23. The number of aromatic nitrogens is 2. The molecule has 0 amide bonds. The molecule has 1 aliphatic rings. The van der Waals surface area contributed by atoms with E-state index >= 15 is 0 Å². The third kappa shape index (κ3) is 6.46. The molecule has 1 aromatic rings.